The maximum atomic E-state index is 6.14. The predicted molar refractivity (Wildman–Crippen MR) is 77.3 cm³/mol. The van der Waals surface area contributed by atoms with Crippen LogP contribution >= 0.6 is 12.4 Å². The van der Waals surface area contributed by atoms with Gasteiger partial charge >= 0.3 is 0 Å². The van der Waals surface area contributed by atoms with E-state index in [2.05, 4.69) is 42.7 Å². The highest BCUT2D eigenvalue weighted by atomic mass is 35.5. The van der Waals surface area contributed by atoms with Crippen LogP contribution in [0.2, 0.25) is 0 Å². The van der Waals surface area contributed by atoms with E-state index < -0.39 is 0 Å². The summed E-state index contributed by atoms with van der Waals surface area (Å²) < 4.78 is 5.23. The molecule has 2 heterocycles. The van der Waals surface area contributed by atoms with Gasteiger partial charge < -0.3 is 10.3 Å². The zero-order valence-electron chi connectivity index (χ0n) is 12.2. The number of piperidine rings is 1. The Morgan fingerprint density at radius 2 is 2.16 bits per heavy atom. The van der Waals surface area contributed by atoms with Gasteiger partial charge in [0.15, 0.2) is 5.82 Å². The van der Waals surface area contributed by atoms with Crippen molar-refractivity contribution in [3.8, 4) is 0 Å². The average molecular weight is 289 g/mol. The Morgan fingerprint density at radius 1 is 1.47 bits per heavy atom. The zero-order valence-corrected chi connectivity index (χ0v) is 13.0. The molecule has 5 nitrogen and oxygen atoms in total. The van der Waals surface area contributed by atoms with Gasteiger partial charge in [-0.05, 0) is 11.8 Å². The maximum Gasteiger partial charge on any atom is 0.229 e. The SMILES string of the molecule is CC(C)c1nc(CN2CCC(N)C(C)(C)C2)no1.Cl. The van der Waals surface area contributed by atoms with Crippen molar-refractivity contribution in [2.75, 3.05) is 13.1 Å². The van der Waals surface area contributed by atoms with Gasteiger partial charge in [0.25, 0.3) is 0 Å². The fourth-order valence-corrected chi connectivity index (χ4v) is 2.39. The molecule has 1 aliphatic rings. The first-order chi connectivity index (χ1) is 8.38. The van der Waals surface area contributed by atoms with Gasteiger partial charge in [-0.15, -0.1) is 12.4 Å². The fraction of sp³-hybridized carbons (Fsp3) is 0.846. The second kappa shape index (κ2) is 6.20. The predicted octanol–water partition coefficient (Wildman–Crippen LogP) is 2.17. The van der Waals surface area contributed by atoms with Crippen LogP contribution in [0, 0.1) is 5.41 Å². The molecule has 1 aromatic heterocycles. The first-order valence-corrected chi connectivity index (χ1v) is 6.69. The van der Waals surface area contributed by atoms with E-state index in [4.69, 9.17) is 10.3 Å². The maximum absolute atomic E-state index is 6.14. The molecule has 19 heavy (non-hydrogen) atoms. The van der Waals surface area contributed by atoms with E-state index in [1.54, 1.807) is 0 Å². The van der Waals surface area contributed by atoms with Gasteiger partial charge in [0.05, 0.1) is 6.54 Å². The number of hydrogen-bond acceptors (Lipinski definition) is 5. The lowest BCUT2D eigenvalue weighted by molar-refractivity contribution is 0.0872. The highest BCUT2D eigenvalue weighted by Gasteiger charge is 2.33. The van der Waals surface area contributed by atoms with Crippen molar-refractivity contribution in [3.63, 3.8) is 0 Å². The molecule has 0 radical (unpaired) electrons. The van der Waals surface area contributed by atoms with Crippen molar-refractivity contribution in [1.82, 2.24) is 15.0 Å². The van der Waals surface area contributed by atoms with Crippen LogP contribution in [0.3, 0.4) is 0 Å². The third kappa shape index (κ3) is 3.91. The summed E-state index contributed by atoms with van der Waals surface area (Å²) in [6.07, 6.45) is 1.03. The summed E-state index contributed by atoms with van der Waals surface area (Å²) in [5.74, 6) is 1.79. The molecule has 6 heteroatoms. The van der Waals surface area contributed by atoms with E-state index in [0.717, 1.165) is 37.8 Å². The monoisotopic (exact) mass is 288 g/mol. The van der Waals surface area contributed by atoms with Gasteiger partial charge in [-0.2, -0.15) is 4.98 Å². The fourth-order valence-electron chi connectivity index (χ4n) is 2.39. The Labute approximate surface area is 121 Å². The molecule has 0 amide bonds. The summed E-state index contributed by atoms with van der Waals surface area (Å²) in [6.45, 7) is 11.3. The number of aromatic nitrogens is 2. The van der Waals surface area contributed by atoms with Gasteiger partial charge in [0, 0.05) is 25.0 Å². The highest BCUT2D eigenvalue weighted by molar-refractivity contribution is 5.85. The summed E-state index contributed by atoms with van der Waals surface area (Å²) in [4.78, 5) is 6.78. The van der Waals surface area contributed by atoms with Crippen molar-refractivity contribution in [1.29, 1.82) is 0 Å². The molecule has 1 fully saturated rings. The minimum absolute atomic E-state index is 0. The van der Waals surface area contributed by atoms with Crippen LogP contribution < -0.4 is 5.73 Å². The van der Waals surface area contributed by atoms with E-state index in [-0.39, 0.29) is 29.8 Å². The molecule has 1 aliphatic heterocycles. The minimum Gasteiger partial charge on any atom is -0.339 e. The van der Waals surface area contributed by atoms with Gasteiger partial charge in [-0.3, -0.25) is 4.90 Å². The van der Waals surface area contributed by atoms with E-state index >= 15 is 0 Å². The molecule has 1 atom stereocenters. The Kier molecular flexibility index (Phi) is 5.35. The van der Waals surface area contributed by atoms with Crippen LogP contribution in [0.15, 0.2) is 4.52 Å². The number of nitrogens with zero attached hydrogens (tertiary/aromatic N) is 3. The lowest BCUT2D eigenvalue weighted by Crippen LogP contribution is -2.52. The smallest absolute Gasteiger partial charge is 0.229 e. The van der Waals surface area contributed by atoms with Crippen LogP contribution in [0.5, 0.6) is 0 Å². The first kappa shape index (κ1) is 16.4. The molecular formula is C13H25ClN4O. The standard InChI is InChI=1S/C13H24N4O.ClH/c1-9(2)12-15-11(16-18-12)7-17-6-5-10(14)13(3,4)8-17;/h9-10H,5-8,14H2,1-4H3;1H. The van der Waals surface area contributed by atoms with E-state index in [1.807, 2.05) is 0 Å². The van der Waals surface area contributed by atoms with Crippen LogP contribution in [0.25, 0.3) is 0 Å². The highest BCUT2D eigenvalue weighted by Crippen LogP contribution is 2.28. The largest absolute Gasteiger partial charge is 0.339 e. The van der Waals surface area contributed by atoms with Crippen molar-refractivity contribution >= 4 is 12.4 Å². The lowest BCUT2D eigenvalue weighted by Gasteiger charge is -2.42. The number of nitrogens with two attached hydrogens (primary N) is 1. The molecule has 0 aliphatic carbocycles. The van der Waals surface area contributed by atoms with E-state index in [0.29, 0.717) is 0 Å². The second-order valence-electron chi connectivity index (χ2n) is 6.30. The molecule has 0 saturated carbocycles. The molecular weight excluding hydrogens is 264 g/mol. The van der Waals surface area contributed by atoms with Gasteiger partial charge in [-0.25, -0.2) is 0 Å². The Hall–Kier alpha value is -0.650. The number of rotatable bonds is 3. The molecule has 1 aromatic rings. The molecule has 0 spiro atoms. The molecule has 1 unspecified atom stereocenters. The van der Waals surface area contributed by atoms with Crippen molar-refractivity contribution in [3.05, 3.63) is 11.7 Å². The first-order valence-electron chi connectivity index (χ1n) is 6.69. The third-order valence-corrected chi connectivity index (χ3v) is 3.73. The Morgan fingerprint density at radius 3 is 2.68 bits per heavy atom. The van der Waals surface area contributed by atoms with E-state index in [9.17, 15) is 0 Å². The number of halogens is 1. The molecule has 110 valence electrons. The molecule has 1 saturated heterocycles. The van der Waals surface area contributed by atoms with Crippen molar-refractivity contribution < 1.29 is 4.52 Å². The third-order valence-electron chi connectivity index (χ3n) is 3.73. The van der Waals surface area contributed by atoms with Crippen molar-refractivity contribution in [2.24, 2.45) is 11.1 Å². The molecule has 0 aromatic carbocycles. The van der Waals surface area contributed by atoms with Crippen LogP contribution in [-0.2, 0) is 6.54 Å². The van der Waals surface area contributed by atoms with Crippen molar-refractivity contribution in [2.45, 2.75) is 52.6 Å². The Bertz CT molecular complexity index is 405. The summed E-state index contributed by atoms with van der Waals surface area (Å²) in [5.41, 5.74) is 6.29. The number of hydrogen-bond donors (Lipinski definition) is 1. The van der Waals surface area contributed by atoms with E-state index in [1.165, 1.54) is 0 Å². The second-order valence-corrected chi connectivity index (χ2v) is 6.30. The summed E-state index contributed by atoms with van der Waals surface area (Å²) in [7, 11) is 0. The summed E-state index contributed by atoms with van der Waals surface area (Å²) >= 11 is 0. The van der Waals surface area contributed by atoms with Crippen LogP contribution in [-0.4, -0.2) is 34.2 Å². The summed E-state index contributed by atoms with van der Waals surface area (Å²) in [5, 5.41) is 4.04. The minimum atomic E-state index is 0. The lowest BCUT2D eigenvalue weighted by atomic mass is 9.80. The average Bonchev–Trinajstić information content (AvgIpc) is 2.72. The van der Waals surface area contributed by atoms with Gasteiger partial charge in [-0.1, -0.05) is 32.9 Å². The van der Waals surface area contributed by atoms with Crippen LogP contribution in [0.1, 0.15) is 51.7 Å². The molecule has 0 bridgehead atoms. The van der Waals surface area contributed by atoms with Gasteiger partial charge in [0.1, 0.15) is 0 Å². The van der Waals surface area contributed by atoms with Gasteiger partial charge in [0.2, 0.25) is 5.89 Å². The number of likely N-dealkylation sites (tertiary alicyclic amines) is 1. The molecule has 2 N–H and O–H groups in total. The Balaban J connectivity index is 0.00000180. The summed E-state index contributed by atoms with van der Waals surface area (Å²) in [6, 6.07) is 0.283. The normalized spacial score (nSPS) is 23.4. The quantitative estimate of drug-likeness (QED) is 0.923. The topological polar surface area (TPSA) is 68.2 Å². The van der Waals surface area contributed by atoms with Crippen LogP contribution in [0.4, 0.5) is 0 Å². The zero-order chi connectivity index (χ0) is 13.3. The molecule has 2 rings (SSSR count).